The summed E-state index contributed by atoms with van der Waals surface area (Å²) in [5.74, 6) is -0.0920. The molecule has 0 aromatic heterocycles. The molecule has 1 atom stereocenters. The number of hydrogen-bond acceptors (Lipinski definition) is 2. The van der Waals surface area contributed by atoms with E-state index >= 15 is 0 Å². The predicted octanol–water partition coefficient (Wildman–Crippen LogP) is 4.18. The van der Waals surface area contributed by atoms with Gasteiger partial charge >= 0.3 is 0 Å². The number of rotatable bonds is 9. The van der Waals surface area contributed by atoms with Crippen LogP contribution in [0, 0.1) is 13.8 Å². The van der Waals surface area contributed by atoms with Crippen LogP contribution in [-0.2, 0) is 22.6 Å². The van der Waals surface area contributed by atoms with Gasteiger partial charge in [-0.3, -0.25) is 9.59 Å². The highest BCUT2D eigenvalue weighted by molar-refractivity contribution is 5.88. The minimum Gasteiger partial charge on any atom is -0.354 e. The van der Waals surface area contributed by atoms with Crippen molar-refractivity contribution in [3.8, 4) is 0 Å². The minimum atomic E-state index is -0.468. The molecule has 2 aromatic carbocycles. The minimum absolute atomic E-state index is 0.0175. The molecule has 150 valence electrons. The van der Waals surface area contributed by atoms with Crippen LogP contribution in [0.1, 0.15) is 48.9 Å². The Labute approximate surface area is 169 Å². The van der Waals surface area contributed by atoms with E-state index in [2.05, 4.69) is 17.4 Å². The van der Waals surface area contributed by atoms with Gasteiger partial charge in [0.05, 0.1) is 6.42 Å². The Balaban J connectivity index is 2.28. The van der Waals surface area contributed by atoms with Gasteiger partial charge in [0.2, 0.25) is 11.8 Å². The molecule has 0 aliphatic carbocycles. The van der Waals surface area contributed by atoms with E-state index in [0.717, 1.165) is 28.7 Å². The maximum atomic E-state index is 13.3. The van der Waals surface area contributed by atoms with Crippen molar-refractivity contribution < 1.29 is 9.59 Å². The summed E-state index contributed by atoms with van der Waals surface area (Å²) in [6, 6.07) is 15.6. The van der Waals surface area contributed by atoms with E-state index in [1.54, 1.807) is 4.90 Å². The SMILES string of the molecule is CCCNC(=O)[C@@H](CC)N(Cc1ccccc1)C(=O)Cc1cc(C)ccc1C. The summed E-state index contributed by atoms with van der Waals surface area (Å²) in [6.07, 6.45) is 1.76. The Morgan fingerprint density at radius 3 is 2.39 bits per heavy atom. The second kappa shape index (κ2) is 10.6. The van der Waals surface area contributed by atoms with Crippen molar-refractivity contribution in [2.75, 3.05) is 6.54 Å². The second-order valence-corrected chi connectivity index (χ2v) is 7.33. The van der Waals surface area contributed by atoms with Crippen molar-refractivity contribution >= 4 is 11.8 Å². The van der Waals surface area contributed by atoms with Crippen LogP contribution in [0.2, 0.25) is 0 Å². The maximum Gasteiger partial charge on any atom is 0.242 e. The molecular formula is C24H32N2O2. The van der Waals surface area contributed by atoms with Crippen molar-refractivity contribution in [3.63, 3.8) is 0 Å². The summed E-state index contributed by atoms with van der Waals surface area (Å²) in [4.78, 5) is 27.8. The third-order valence-electron chi connectivity index (χ3n) is 4.98. The molecule has 0 aliphatic heterocycles. The van der Waals surface area contributed by atoms with Crippen LogP contribution in [0.5, 0.6) is 0 Å². The van der Waals surface area contributed by atoms with E-state index in [0.29, 0.717) is 25.9 Å². The molecule has 2 aromatic rings. The molecule has 4 nitrogen and oxygen atoms in total. The molecule has 2 rings (SSSR count). The van der Waals surface area contributed by atoms with E-state index in [-0.39, 0.29) is 11.8 Å². The highest BCUT2D eigenvalue weighted by atomic mass is 16.2. The molecule has 0 radical (unpaired) electrons. The lowest BCUT2D eigenvalue weighted by Crippen LogP contribution is -2.49. The number of amides is 2. The van der Waals surface area contributed by atoms with Gasteiger partial charge in [-0.15, -0.1) is 0 Å². The first kappa shape index (κ1) is 21.7. The molecule has 4 heteroatoms. The Morgan fingerprint density at radius 2 is 1.75 bits per heavy atom. The predicted molar refractivity (Wildman–Crippen MR) is 114 cm³/mol. The van der Waals surface area contributed by atoms with E-state index < -0.39 is 6.04 Å². The average molecular weight is 381 g/mol. The number of nitrogens with zero attached hydrogens (tertiary/aromatic N) is 1. The first-order chi connectivity index (χ1) is 13.5. The lowest BCUT2D eigenvalue weighted by molar-refractivity contribution is -0.140. The molecule has 0 fully saturated rings. The van der Waals surface area contributed by atoms with E-state index in [1.807, 2.05) is 64.1 Å². The molecule has 0 heterocycles. The van der Waals surface area contributed by atoms with Crippen molar-refractivity contribution in [3.05, 3.63) is 70.8 Å². The van der Waals surface area contributed by atoms with Gasteiger partial charge in [0.15, 0.2) is 0 Å². The summed E-state index contributed by atoms with van der Waals surface area (Å²) >= 11 is 0. The van der Waals surface area contributed by atoms with E-state index in [1.165, 1.54) is 0 Å². The molecule has 1 N–H and O–H groups in total. The zero-order valence-electron chi connectivity index (χ0n) is 17.5. The Kier molecular flexibility index (Phi) is 8.24. The van der Waals surface area contributed by atoms with Gasteiger partial charge in [-0.05, 0) is 43.4 Å². The number of carbonyl (C=O) groups excluding carboxylic acids is 2. The highest BCUT2D eigenvalue weighted by Crippen LogP contribution is 2.17. The lowest BCUT2D eigenvalue weighted by atomic mass is 10.0. The number of benzene rings is 2. The van der Waals surface area contributed by atoms with Crippen LogP contribution < -0.4 is 5.32 Å². The fraction of sp³-hybridized carbons (Fsp3) is 0.417. The average Bonchev–Trinajstić information content (AvgIpc) is 2.69. The third-order valence-corrected chi connectivity index (χ3v) is 4.98. The zero-order valence-corrected chi connectivity index (χ0v) is 17.5. The highest BCUT2D eigenvalue weighted by Gasteiger charge is 2.28. The van der Waals surface area contributed by atoms with Gasteiger partial charge in [-0.25, -0.2) is 0 Å². The molecule has 0 saturated carbocycles. The van der Waals surface area contributed by atoms with E-state index in [4.69, 9.17) is 0 Å². The summed E-state index contributed by atoms with van der Waals surface area (Å²) in [7, 11) is 0. The van der Waals surface area contributed by atoms with Crippen LogP contribution in [0.3, 0.4) is 0 Å². The largest absolute Gasteiger partial charge is 0.354 e. The maximum absolute atomic E-state index is 13.3. The van der Waals surface area contributed by atoms with E-state index in [9.17, 15) is 9.59 Å². The van der Waals surface area contributed by atoms with Crippen molar-refractivity contribution in [2.45, 2.75) is 59.5 Å². The van der Waals surface area contributed by atoms with Gasteiger partial charge in [-0.1, -0.05) is 67.9 Å². The topological polar surface area (TPSA) is 49.4 Å². The van der Waals surface area contributed by atoms with Crippen LogP contribution in [0.4, 0.5) is 0 Å². The number of aryl methyl sites for hydroxylation is 2. The zero-order chi connectivity index (χ0) is 20.5. The fourth-order valence-corrected chi connectivity index (χ4v) is 3.32. The molecular weight excluding hydrogens is 348 g/mol. The van der Waals surface area contributed by atoms with Gasteiger partial charge in [-0.2, -0.15) is 0 Å². The molecule has 0 spiro atoms. The molecule has 0 saturated heterocycles. The van der Waals surface area contributed by atoms with Crippen molar-refractivity contribution in [1.29, 1.82) is 0 Å². The first-order valence-corrected chi connectivity index (χ1v) is 10.1. The molecule has 2 amide bonds. The molecule has 0 aliphatic rings. The number of hydrogen-bond donors (Lipinski definition) is 1. The summed E-state index contributed by atoms with van der Waals surface area (Å²) in [6.45, 7) is 9.09. The second-order valence-electron chi connectivity index (χ2n) is 7.33. The van der Waals surface area contributed by atoms with Gasteiger partial charge < -0.3 is 10.2 Å². The van der Waals surface area contributed by atoms with Crippen LogP contribution in [0.15, 0.2) is 48.5 Å². The van der Waals surface area contributed by atoms with Gasteiger partial charge in [0, 0.05) is 13.1 Å². The van der Waals surface area contributed by atoms with Crippen LogP contribution in [-0.4, -0.2) is 29.3 Å². The van der Waals surface area contributed by atoms with Crippen molar-refractivity contribution in [1.82, 2.24) is 10.2 Å². The Morgan fingerprint density at radius 1 is 1.04 bits per heavy atom. The summed E-state index contributed by atoms with van der Waals surface area (Å²) in [5.41, 5.74) is 4.28. The standard InChI is InChI=1S/C24H32N2O2/c1-5-14-25-24(28)22(6-2)26(17-20-10-8-7-9-11-20)23(27)16-21-15-18(3)12-13-19(21)4/h7-13,15,22H,5-6,14,16-17H2,1-4H3,(H,25,28)/t22-/m1/s1. The third kappa shape index (κ3) is 5.95. The monoisotopic (exact) mass is 380 g/mol. The molecule has 0 unspecified atom stereocenters. The van der Waals surface area contributed by atoms with Crippen molar-refractivity contribution in [2.24, 2.45) is 0 Å². The lowest BCUT2D eigenvalue weighted by Gasteiger charge is -2.31. The summed E-state index contributed by atoms with van der Waals surface area (Å²) in [5, 5.41) is 2.96. The fourth-order valence-electron chi connectivity index (χ4n) is 3.32. The Hall–Kier alpha value is -2.62. The number of nitrogens with one attached hydrogen (secondary N) is 1. The molecule has 28 heavy (non-hydrogen) atoms. The molecule has 0 bridgehead atoms. The quantitative estimate of drug-likeness (QED) is 0.709. The van der Waals surface area contributed by atoms with Crippen LogP contribution in [0.25, 0.3) is 0 Å². The Bertz CT molecular complexity index is 786. The summed E-state index contributed by atoms with van der Waals surface area (Å²) < 4.78 is 0. The number of carbonyl (C=O) groups is 2. The smallest absolute Gasteiger partial charge is 0.242 e. The van der Waals surface area contributed by atoms with Gasteiger partial charge in [0.25, 0.3) is 0 Å². The van der Waals surface area contributed by atoms with Gasteiger partial charge in [0.1, 0.15) is 6.04 Å². The first-order valence-electron chi connectivity index (χ1n) is 10.1. The van der Waals surface area contributed by atoms with Crippen LogP contribution >= 0.6 is 0 Å². The normalized spacial score (nSPS) is 11.7.